The summed E-state index contributed by atoms with van der Waals surface area (Å²) in [5.41, 5.74) is 1.38. The van der Waals surface area contributed by atoms with Gasteiger partial charge in [0.25, 0.3) is 5.91 Å². The van der Waals surface area contributed by atoms with Crippen LogP contribution in [-0.4, -0.2) is 23.0 Å². The summed E-state index contributed by atoms with van der Waals surface area (Å²) in [7, 11) is 1.58. The number of nitro groups is 1. The third kappa shape index (κ3) is 4.09. The first-order chi connectivity index (χ1) is 13.5. The summed E-state index contributed by atoms with van der Waals surface area (Å²) in [4.78, 5) is 22.9. The molecule has 0 bridgehead atoms. The Morgan fingerprint density at radius 2 is 1.68 bits per heavy atom. The van der Waals surface area contributed by atoms with Crippen molar-refractivity contribution in [3.8, 4) is 11.5 Å². The molecule has 1 amide bonds. The number of hydrogen-bond acceptors (Lipinski definition) is 5. The van der Waals surface area contributed by atoms with E-state index >= 15 is 0 Å². The minimum absolute atomic E-state index is 0.123. The zero-order valence-electron chi connectivity index (χ0n) is 15.0. The summed E-state index contributed by atoms with van der Waals surface area (Å²) in [6.07, 6.45) is 0. The van der Waals surface area contributed by atoms with Crippen LogP contribution in [0.4, 0.5) is 5.69 Å². The lowest BCUT2D eigenvalue weighted by molar-refractivity contribution is -0.385. The minimum atomic E-state index is -0.707. The summed E-state index contributed by atoms with van der Waals surface area (Å²) in [6.45, 7) is 0. The molecular weight excluding hydrogens is 360 g/mol. The van der Waals surface area contributed by atoms with Gasteiger partial charge in [0.05, 0.1) is 18.1 Å². The molecule has 7 heteroatoms. The van der Waals surface area contributed by atoms with E-state index < -0.39 is 28.3 Å². The second kappa shape index (κ2) is 8.22. The van der Waals surface area contributed by atoms with Crippen LogP contribution in [0.3, 0.4) is 0 Å². The molecule has 0 aromatic heterocycles. The number of nitrogens with zero attached hydrogens (tertiary/aromatic N) is 1. The number of rotatable bonds is 6. The highest BCUT2D eigenvalue weighted by Crippen LogP contribution is 2.28. The van der Waals surface area contributed by atoms with E-state index in [-0.39, 0.29) is 5.56 Å². The molecule has 0 radical (unpaired) electrons. The Morgan fingerprint density at radius 3 is 2.25 bits per heavy atom. The van der Waals surface area contributed by atoms with Crippen molar-refractivity contribution in [1.29, 1.82) is 0 Å². The fraction of sp³-hybridized carbons (Fsp3) is 0.0952. The van der Waals surface area contributed by atoms with Crippen LogP contribution < -0.4 is 10.1 Å². The number of carbonyl (C=O) groups excluding carboxylic acids is 1. The van der Waals surface area contributed by atoms with Crippen LogP contribution in [0.15, 0.2) is 72.8 Å². The van der Waals surface area contributed by atoms with E-state index in [4.69, 9.17) is 4.74 Å². The Kier molecular flexibility index (Phi) is 5.55. The molecule has 0 saturated heterocycles. The molecule has 0 saturated carbocycles. The molecule has 0 fully saturated rings. The van der Waals surface area contributed by atoms with E-state index in [2.05, 4.69) is 5.32 Å². The van der Waals surface area contributed by atoms with Crippen LogP contribution in [0.25, 0.3) is 0 Å². The smallest absolute Gasteiger partial charge is 0.310 e. The van der Waals surface area contributed by atoms with Crippen molar-refractivity contribution >= 4 is 11.6 Å². The molecule has 3 aromatic rings. The molecule has 3 aromatic carbocycles. The largest absolute Gasteiger partial charge is 0.502 e. The van der Waals surface area contributed by atoms with Gasteiger partial charge in [-0.3, -0.25) is 14.9 Å². The van der Waals surface area contributed by atoms with Gasteiger partial charge in [-0.25, -0.2) is 0 Å². The summed E-state index contributed by atoms with van der Waals surface area (Å²) >= 11 is 0. The van der Waals surface area contributed by atoms with Gasteiger partial charge in [0.15, 0.2) is 5.75 Å². The summed E-state index contributed by atoms with van der Waals surface area (Å²) in [5, 5.41) is 23.6. The molecule has 2 N–H and O–H groups in total. The zero-order chi connectivity index (χ0) is 20.1. The number of phenols is 1. The lowest BCUT2D eigenvalue weighted by Gasteiger charge is -2.20. The Bertz CT molecular complexity index is 987. The van der Waals surface area contributed by atoms with Gasteiger partial charge < -0.3 is 15.2 Å². The lowest BCUT2D eigenvalue weighted by Crippen LogP contribution is -2.29. The predicted octanol–water partition coefficient (Wildman–Crippen LogP) is 3.83. The standard InChI is InChI=1S/C21H18N2O5/c1-28-17-10-7-15(8-11-17)20(14-5-3-2-4-6-14)22-21(25)16-9-12-18(23(26)27)19(24)13-16/h2-13,20,24H,1H3,(H,22,25)/t20-/m0/s1. The molecular formula is C21H18N2O5. The number of aromatic hydroxyl groups is 1. The summed E-state index contributed by atoms with van der Waals surface area (Å²) in [5.74, 6) is -0.324. The SMILES string of the molecule is COc1ccc([C@@H](NC(=O)c2ccc([N+](=O)[O-])c(O)c2)c2ccccc2)cc1. The van der Waals surface area contributed by atoms with Gasteiger partial charge in [-0.05, 0) is 35.4 Å². The van der Waals surface area contributed by atoms with Crippen molar-refractivity contribution in [2.45, 2.75) is 6.04 Å². The number of amides is 1. The minimum Gasteiger partial charge on any atom is -0.502 e. The van der Waals surface area contributed by atoms with Gasteiger partial charge in [-0.15, -0.1) is 0 Å². The lowest BCUT2D eigenvalue weighted by atomic mass is 9.98. The van der Waals surface area contributed by atoms with Crippen molar-refractivity contribution < 1.29 is 19.6 Å². The Hall–Kier alpha value is -3.87. The first-order valence-corrected chi connectivity index (χ1v) is 8.46. The molecule has 3 rings (SSSR count). The Morgan fingerprint density at radius 1 is 1.04 bits per heavy atom. The Balaban J connectivity index is 1.92. The van der Waals surface area contributed by atoms with Crippen molar-refractivity contribution in [1.82, 2.24) is 5.32 Å². The van der Waals surface area contributed by atoms with Crippen LogP contribution in [0.1, 0.15) is 27.5 Å². The first kappa shape index (κ1) is 18.9. The average molecular weight is 378 g/mol. The number of methoxy groups -OCH3 is 1. The number of hydrogen-bond donors (Lipinski definition) is 2. The zero-order valence-corrected chi connectivity index (χ0v) is 15.0. The molecule has 0 unspecified atom stereocenters. The van der Waals surface area contributed by atoms with Gasteiger partial charge in [-0.2, -0.15) is 0 Å². The molecule has 1 atom stereocenters. The summed E-state index contributed by atoms with van der Waals surface area (Å²) < 4.78 is 5.18. The third-order valence-electron chi connectivity index (χ3n) is 4.29. The summed E-state index contributed by atoms with van der Waals surface area (Å²) in [6, 6.07) is 19.8. The predicted molar refractivity (Wildman–Crippen MR) is 104 cm³/mol. The van der Waals surface area contributed by atoms with E-state index in [1.807, 2.05) is 42.5 Å². The molecule has 0 spiro atoms. The average Bonchev–Trinajstić information content (AvgIpc) is 2.72. The second-order valence-electron chi connectivity index (χ2n) is 6.05. The number of phenolic OH excluding ortho intramolecular Hbond substituents is 1. The van der Waals surface area contributed by atoms with Crippen molar-refractivity contribution in [3.63, 3.8) is 0 Å². The van der Waals surface area contributed by atoms with Gasteiger partial charge in [0.1, 0.15) is 5.75 Å². The fourth-order valence-electron chi connectivity index (χ4n) is 2.83. The maximum Gasteiger partial charge on any atom is 0.310 e. The topological polar surface area (TPSA) is 102 Å². The number of benzene rings is 3. The highest BCUT2D eigenvalue weighted by molar-refractivity contribution is 5.95. The highest BCUT2D eigenvalue weighted by atomic mass is 16.6. The van der Waals surface area contributed by atoms with E-state index in [0.717, 1.165) is 23.3 Å². The van der Waals surface area contributed by atoms with Gasteiger partial charge in [0, 0.05) is 11.6 Å². The maximum absolute atomic E-state index is 12.7. The second-order valence-corrected chi connectivity index (χ2v) is 6.05. The number of ether oxygens (including phenoxy) is 1. The molecule has 0 aliphatic rings. The molecule has 7 nitrogen and oxygen atoms in total. The van der Waals surface area contributed by atoms with Gasteiger partial charge in [-0.1, -0.05) is 42.5 Å². The number of carbonyl (C=O) groups is 1. The Labute approximate surface area is 161 Å². The van der Waals surface area contributed by atoms with Crippen molar-refractivity contribution in [2.24, 2.45) is 0 Å². The van der Waals surface area contributed by atoms with Gasteiger partial charge in [0.2, 0.25) is 0 Å². The van der Waals surface area contributed by atoms with Crippen LogP contribution in [0, 0.1) is 10.1 Å². The third-order valence-corrected chi connectivity index (χ3v) is 4.29. The number of nitrogens with one attached hydrogen (secondary N) is 1. The first-order valence-electron chi connectivity index (χ1n) is 8.46. The molecule has 142 valence electrons. The normalized spacial score (nSPS) is 11.5. The van der Waals surface area contributed by atoms with Crippen molar-refractivity contribution in [2.75, 3.05) is 7.11 Å². The van der Waals surface area contributed by atoms with E-state index in [1.165, 1.54) is 6.07 Å². The molecule has 0 aliphatic heterocycles. The highest BCUT2D eigenvalue weighted by Gasteiger charge is 2.20. The quantitative estimate of drug-likeness (QED) is 0.501. The van der Waals surface area contributed by atoms with E-state index in [0.29, 0.717) is 5.75 Å². The van der Waals surface area contributed by atoms with E-state index in [1.54, 1.807) is 19.2 Å². The fourth-order valence-corrected chi connectivity index (χ4v) is 2.83. The van der Waals surface area contributed by atoms with Crippen molar-refractivity contribution in [3.05, 3.63) is 99.6 Å². The molecule has 0 heterocycles. The van der Waals surface area contributed by atoms with Crippen LogP contribution in [0.2, 0.25) is 0 Å². The van der Waals surface area contributed by atoms with Gasteiger partial charge >= 0.3 is 5.69 Å². The molecule has 28 heavy (non-hydrogen) atoms. The maximum atomic E-state index is 12.7. The van der Waals surface area contributed by atoms with Crippen LogP contribution >= 0.6 is 0 Å². The van der Waals surface area contributed by atoms with Crippen LogP contribution in [0.5, 0.6) is 11.5 Å². The van der Waals surface area contributed by atoms with Crippen LogP contribution in [-0.2, 0) is 0 Å². The van der Waals surface area contributed by atoms with E-state index in [9.17, 15) is 20.0 Å². The number of nitro benzene ring substituents is 1. The monoisotopic (exact) mass is 378 g/mol. The molecule has 0 aliphatic carbocycles.